The van der Waals surface area contributed by atoms with Crippen molar-refractivity contribution in [2.45, 2.75) is 13.1 Å². The molecule has 0 aliphatic carbocycles. The third-order valence-electron chi connectivity index (χ3n) is 3.34. The number of ketones is 1. The van der Waals surface area contributed by atoms with Gasteiger partial charge < -0.3 is 19.3 Å². The Kier molecular flexibility index (Phi) is 5.78. The Labute approximate surface area is 140 Å². The fourth-order valence-corrected chi connectivity index (χ4v) is 2.93. The third-order valence-corrected chi connectivity index (χ3v) is 4.12. The van der Waals surface area contributed by atoms with Crippen LogP contribution in [0, 0.1) is 0 Å². The third kappa shape index (κ3) is 4.68. The number of hydrogen-bond donors (Lipinski definition) is 2. The number of rotatable bonds is 7. The molecule has 2 rings (SSSR count). The fourth-order valence-electron chi connectivity index (χ4n) is 2.25. The molecule has 0 aliphatic rings. The van der Waals surface area contributed by atoms with Crippen LogP contribution in [0.15, 0.2) is 42.5 Å². The summed E-state index contributed by atoms with van der Waals surface area (Å²) in [6.07, 6.45) is -0.353. The molecule has 0 unspecified atom stereocenters. The zero-order valence-electron chi connectivity index (χ0n) is 13.4. The quantitative estimate of drug-likeness (QED) is 0.589. The van der Waals surface area contributed by atoms with E-state index in [1.165, 1.54) is 19.2 Å². The molecule has 0 heterocycles. The molecule has 24 heavy (non-hydrogen) atoms. The summed E-state index contributed by atoms with van der Waals surface area (Å²) in [6.45, 7) is 2.24. The predicted octanol–water partition coefficient (Wildman–Crippen LogP) is 3.00. The highest BCUT2D eigenvalue weighted by Gasteiger charge is 2.17. The lowest BCUT2D eigenvalue weighted by Crippen LogP contribution is -2.06. The lowest BCUT2D eigenvalue weighted by atomic mass is 10.0. The van der Waals surface area contributed by atoms with Crippen LogP contribution in [-0.4, -0.2) is 29.3 Å². The average molecular weight is 350 g/mol. The van der Waals surface area contributed by atoms with Gasteiger partial charge in [0.15, 0.2) is 5.78 Å². The second kappa shape index (κ2) is 7.62. The fraction of sp³-hybridized carbons (Fsp3) is 0.235. The van der Waals surface area contributed by atoms with Crippen molar-refractivity contribution in [2.24, 2.45) is 0 Å². The van der Waals surface area contributed by atoms with Gasteiger partial charge in [-0.25, -0.2) is 0 Å². The van der Waals surface area contributed by atoms with E-state index in [0.717, 1.165) is 0 Å². The largest absolute Gasteiger partial charge is 0.497 e. The second-order valence-corrected chi connectivity index (χ2v) is 6.79. The van der Waals surface area contributed by atoms with Crippen LogP contribution < -0.4 is 9.47 Å². The molecule has 2 aromatic carbocycles. The van der Waals surface area contributed by atoms with Crippen molar-refractivity contribution in [1.29, 1.82) is 0 Å². The van der Waals surface area contributed by atoms with Crippen LogP contribution in [0.1, 0.15) is 28.4 Å². The van der Waals surface area contributed by atoms with Gasteiger partial charge in [0.1, 0.15) is 11.5 Å². The van der Waals surface area contributed by atoms with Gasteiger partial charge in [-0.05, 0) is 24.6 Å². The van der Waals surface area contributed by atoms with Crippen molar-refractivity contribution in [1.82, 2.24) is 0 Å². The summed E-state index contributed by atoms with van der Waals surface area (Å²) in [5.74, 6) is 0.789. The maximum atomic E-state index is 12.7. The van der Waals surface area contributed by atoms with Crippen molar-refractivity contribution in [3.05, 3.63) is 59.2 Å². The number of carbonyl (C=O) groups excluding carboxylic acids is 1. The first-order valence-corrected chi connectivity index (χ1v) is 9.13. The molecule has 0 aliphatic heterocycles. The first-order chi connectivity index (χ1) is 11.3. The van der Waals surface area contributed by atoms with Crippen molar-refractivity contribution >= 4 is 13.4 Å². The SMILES string of the molecule is CCOc1cc(OC)ccc1C(=O)c1ccc(CP(=O)(O)O)cc1. The summed E-state index contributed by atoms with van der Waals surface area (Å²) in [6, 6.07) is 11.1. The lowest BCUT2D eigenvalue weighted by Gasteiger charge is -2.11. The van der Waals surface area contributed by atoms with Crippen LogP contribution in [0.3, 0.4) is 0 Å². The molecule has 0 saturated heterocycles. The van der Waals surface area contributed by atoms with Gasteiger partial charge in [-0.1, -0.05) is 24.3 Å². The predicted molar refractivity (Wildman–Crippen MR) is 89.8 cm³/mol. The Morgan fingerprint density at radius 2 is 1.79 bits per heavy atom. The van der Waals surface area contributed by atoms with Crippen molar-refractivity contribution in [3.8, 4) is 11.5 Å². The normalized spacial score (nSPS) is 11.2. The van der Waals surface area contributed by atoms with Gasteiger partial charge in [-0.2, -0.15) is 0 Å². The molecule has 0 amide bonds. The smallest absolute Gasteiger partial charge is 0.329 e. The van der Waals surface area contributed by atoms with Gasteiger partial charge in [0, 0.05) is 11.6 Å². The highest BCUT2D eigenvalue weighted by molar-refractivity contribution is 7.50. The summed E-state index contributed by atoms with van der Waals surface area (Å²) < 4.78 is 21.7. The molecule has 6 nitrogen and oxygen atoms in total. The van der Waals surface area contributed by atoms with E-state index in [1.807, 2.05) is 6.92 Å². The molecule has 128 valence electrons. The molecule has 0 bridgehead atoms. The highest BCUT2D eigenvalue weighted by atomic mass is 31.2. The number of benzene rings is 2. The molecule has 2 N–H and O–H groups in total. The average Bonchev–Trinajstić information content (AvgIpc) is 2.53. The van der Waals surface area contributed by atoms with Gasteiger partial charge in [-0.15, -0.1) is 0 Å². The number of ether oxygens (including phenoxy) is 2. The molecule has 0 fully saturated rings. The first kappa shape index (κ1) is 18.2. The summed E-state index contributed by atoms with van der Waals surface area (Å²) in [5, 5.41) is 0. The van der Waals surface area contributed by atoms with E-state index in [1.54, 1.807) is 30.3 Å². The topological polar surface area (TPSA) is 93.1 Å². The molecule has 2 aromatic rings. The zero-order chi connectivity index (χ0) is 17.7. The van der Waals surface area contributed by atoms with Crippen LogP contribution in [0.25, 0.3) is 0 Å². The maximum absolute atomic E-state index is 12.7. The molecule has 0 aromatic heterocycles. The van der Waals surface area contributed by atoms with Crippen molar-refractivity contribution in [2.75, 3.05) is 13.7 Å². The Morgan fingerprint density at radius 3 is 2.33 bits per heavy atom. The monoisotopic (exact) mass is 350 g/mol. The van der Waals surface area contributed by atoms with E-state index in [2.05, 4.69) is 0 Å². The molecular formula is C17H19O6P. The van der Waals surface area contributed by atoms with Gasteiger partial charge in [0.05, 0.1) is 25.4 Å². The Hall–Kier alpha value is -2.14. The van der Waals surface area contributed by atoms with Crippen LogP contribution in [0.4, 0.5) is 0 Å². The van der Waals surface area contributed by atoms with Gasteiger partial charge >= 0.3 is 7.60 Å². The summed E-state index contributed by atoms with van der Waals surface area (Å²) in [5.41, 5.74) is 1.29. The number of carbonyl (C=O) groups is 1. The van der Waals surface area contributed by atoms with Crippen LogP contribution in [0.2, 0.25) is 0 Å². The summed E-state index contributed by atoms with van der Waals surface area (Å²) in [7, 11) is -2.60. The van der Waals surface area contributed by atoms with E-state index >= 15 is 0 Å². The molecular weight excluding hydrogens is 331 g/mol. The molecule has 0 spiro atoms. The van der Waals surface area contributed by atoms with E-state index in [9.17, 15) is 9.36 Å². The van der Waals surface area contributed by atoms with Gasteiger partial charge in [0.25, 0.3) is 0 Å². The van der Waals surface area contributed by atoms with E-state index in [0.29, 0.717) is 34.8 Å². The van der Waals surface area contributed by atoms with E-state index < -0.39 is 7.60 Å². The lowest BCUT2D eigenvalue weighted by molar-refractivity contribution is 0.103. The van der Waals surface area contributed by atoms with Crippen LogP contribution in [0.5, 0.6) is 11.5 Å². The van der Waals surface area contributed by atoms with Gasteiger partial charge in [-0.3, -0.25) is 9.36 Å². The minimum Gasteiger partial charge on any atom is -0.497 e. The number of hydrogen-bond acceptors (Lipinski definition) is 4. The van der Waals surface area contributed by atoms with Gasteiger partial charge in [0.2, 0.25) is 0 Å². The number of methoxy groups -OCH3 is 1. The van der Waals surface area contributed by atoms with Crippen LogP contribution in [-0.2, 0) is 10.7 Å². The molecule has 0 radical (unpaired) electrons. The van der Waals surface area contributed by atoms with E-state index in [4.69, 9.17) is 19.3 Å². The Bertz CT molecular complexity index is 763. The van der Waals surface area contributed by atoms with Crippen molar-refractivity contribution in [3.63, 3.8) is 0 Å². The first-order valence-electron chi connectivity index (χ1n) is 7.33. The molecule has 0 atom stereocenters. The Morgan fingerprint density at radius 1 is 1.12 bits per heavy atom. The van der Waals surface area contributed by atoms with Crippen LogP contribution >= 0.6 is 7.60 Å². The maximum Gasteiger partial charge on any atom is 0.329 e. The van der Waals surface area contributed by atoms with Crippen molar-refractivity contribution < 1.29 is 28.6 Å². The second-order valence-electron chi connectivity index (χ2n) is 5.14. The summed E-state index contributed by atoms with van der Waals surface area (Å²) >= 11 is 0. The Balaban J connectivity index is 2.29. The standard InChI is InChI=1S/C17H19O6P/c1-3-23-16-10-14(22-2)8-9-15(16)17(18)13-6-4-12(5-7-13)11-24(19,20)21/h4-10H,3,11H2,1-2H3,(H2,19,20,21). The highest BCUT2D eigenvalue weighted by Crippen LogP contribution is 2.39. The molecule has 7 heteroatoms. The molecule has 0 saturated carbocycles. The minimum absolute atomic E-state index is 0.233. The van der Waals surface area contributed by atoms with E-state index in [-0.39, 0.29) is 11.9 Å². The summed E-state index contributed by atoms with van der Waals surface area (Å²) in [4.78, 5) is 30.6. The zero-order valence-corrected chi connectivity index (χ0v) is 14.3. The minimum atomic E-state index is -4.13.